The molecule has 9 nitrogen and oxygen atoms in total. The van der Waals surface area contributed by atoms with Gasteiger partial charge in [-0.2, -0.15) is 8.42 Å². The number of nitrogens with one attached hydrogen (secondary N) is 1. The molecule has 6 N–H and O–H groups in total. The number of nitrogens with two attached hydrogens (primary N) is 2. The first-order chi connectivity index (χ1) is 10.2. The van der Waals surface area contributed by atoms with Gasteiger partial charge in [0.1, 0.15) is 0 Å². The van der Waals surface area contributed by atoms with Gasteiger partial charge in [-0.25, -0.2) is 12.6 Å². The molecule has 0 heterocycles. The minimum absolute atomic E-state index is 0.0662. The molecule has 0 fully saturated rings. The molecule has 0 bridgehead atoms. The summed E-state index contributed by atoms with van der Waals surface area (Å²) in [5.74, 6) is -0.623. The summed E-state index contributed by atoms with van der Waals surface area (Å²) in [6.45, 7) is 0.231. The second-order valence-corrected chi connectivity index (χ2v) is 7.56. The van der Waals surface area contributed by atoms with E-state index in [1.807, 2.05) is 0 Å². The summed E-state index contributed by atoms with van der Waals surface area (Å²) in [7, 11) is -8.53. The number of sulfone groups is 1. The summed E-state index contributed by atoms with van der Waals surface area (Å²) >= 11 is 0. The van der Waals surface area contributed by atoms with Crippen LogP contribution in [0.25, 0.3) is 0 Å². The zero-order chi connectivity index (χ0) is 16.8. The van der Waals surface area contributed by atoms with E-state index in [9.17, 15) is 16.8 Å². The minimum Gasteiger partial charge on any atom is -0.399 e. The summed E-state index contributed by atoms with van der Waals surface area (Å²) in [6.07, 6.45) is 0.649. The third-order valence-corrected chi connectivity index (χ3v) is 4.80. The van der Waals surface area contributed by atoms with Gasteiger partial charge in [0.25, 0.3) is 0 Å². The fourth-order valence-electron chi connectivity index (χ4n) is 1.63. The largest absolute Gasteiger partial charge is 0.399 e. The Kier molecular flexibility index (Phi) is 6.56. The average molecular weight is 353 g/mol. The van der Waals surface area contributed by atoms with Gasteiger partial charge < -0.3 is 16.8 Å². The van der Waals surface area contributed by atoms with E-state index in [2.05, 4.69) is 9.50 Å². The highest BCUT2D eigenvalue weighted by Crippen LogP contribution is 2.25. The molecule has 1 aromatic rings. The van der Waals surface area contributed by atoms with Gasteiger partial charge in [-0.15, -0.1) is 0 Å². The molecule has 22 heavy (non-hydrogen) atoms. The van der Waals surface area contributed by atoms with Crippen LogP contribution >= 0.6 is 0 Å². The first kappa shape index (κ1) is 18.6. The molecule has 0 amide bonds. The van der Waals surface area contributed by atoms with Gasteiger partial charge in [0.2, 0.25) is 0 Å². The van der Waals surface area contributed by atoms with Crippen molar-refractivity contribution in [2.45, 2.75) is 11.3 Å². The van der Waals surface area contributed by atoms with E-state index in [1.165, 1.54) is 12.1 Å². The number of benzene rings is 1. The summed E-state index contributed by atoms with van der Waals surface area (Å²) in [5.41, 5.74) is 11.6. The van der Waals surface area contributed by atoms with E-state index in [1.54, 1.807) is 6.07 Å². The fourth-order valence-corrected chi connectivity index (χ4v) is 3.34. The Bertz CT molecular complexity index is 703. The van der Waals surface area contributed by atoms with Crippen LogP contribution in [0, 0.1) is 0 Å². The van der Waals surface area contributed by atoms with Gasteiger partial charge in [0, 0.05) is 12.2 Å². The van der Waals surface area contributed by atoms with E-state index in [-0.39, 0.29) is 10.6 Å². The zero-order valence-electron chi connectivity index (χ0n) is 11.7. The first-order valence-corrected chi connectivity index (χ1v) is 9.35. The van der Waals surface area contributed by atoms with Crippen molar-refractivity contribution >= 4 is 31.6 Å². The van der Waals surface area contributed by atoms with Crippen molar-refractivity contribution < 1.29 is 25.6 Å². The molecule has 0 aliphatic carbocycles. The highest BCUT2D eigenvalue weighted by molar-refractivity contribution is 7.91. The van der Waals surface area contributed by atoms with Gasteiger partial charge in [-0.05, 0) is 31.2 Å². The summed E-state index contributed by atoms with van der Waals surface area (Å²) in [4.78, 5) is -0.0662. The molecule has 11 heteroatoms. The Morgan fingerprint density at radius 1 is 1.23 bits per heavy atom. The fraction of sp³-hybridized carbons (Fsp3) is 0.455. The van der Waals surface area contributed by atoms with Crippen molar-refractivity contribution in [3.8, 4) is 0 Å². The van der Waals surface area contributed by atoms with Crippen LogP contribution in [0.3, 0.4) is 0 Å². The van der Waals surface area contributed by atoms with Crippen molar-refractivity contribution in [1.29, 1.82) is 0 Å². The van der Waals surface area contributed by atoms with Crippen LogP contribution in [0.4, 0.5) is 11.4 Å². The van der Waals surface area contributed by atoms with Crippen LogP contribution in [-0.2, 0) is 24.4 Å². The van der Waals surface area contributed by atoms with E-state index in [0.717, 1.165) is 0 Å². The molecule has 0 spiro atoms. The Morgan fingerprint density at radius 3 is 2.50 bits per heavy atom. The molecule has 1 aromatic carbocycles. The second kappa shape index (κ2) is 7.74. The number of nitrogen functional groups attached to an aromatic ring is 1. The van der Waals surface area contributed by atoms with Crippen LogP contribution in [0.1, 0.15) is 6.42 Å². The van der Waals surface area contributed by atoms with E-state index in [0.29, 0.717) is 25.2 Å². The summed E-state index contributed by atoms with van der Waals surface area (Å²) in [5, 5.41) is 2.93. The highest BCUT2D eigenvalue weighted by Gasteiger charge is 2.20. The van der Waals surface area contributed by atoms with E-state index in [4.69, 9.17) is 16.0 Å². The smallest absolute Gasteiger partial charge is 0.397 e. The quantitative estimate of drug-likeness (QED) is 0.263. The second-order valence-electron chi connectivity index (χ2n) is 4.39. The van der Waals surface area contributed by atoms with Crippen LogP contribution in [0.5, 0.6) is 0 Å². The van der Waals surface area contributed by atoms with E-state index < -0.39 is 32.6 Å². The first-order valence-electron chi connectivity index (χ1n) is 6.34. The van der Waals surface area contributed by atoms with E-state index >= 15 is 0 Å². The predicted octanol–water partition coefficient (Wildman–Crippen LogP) is -0.377. The molecule has 1 rings (SSSR count). The molecule has 0 unspecified atom stereocenters. The average Bonchev–Trinajstić information content (AvgIpc) is 2.38. The Balaban J connectivity index is 2.93. The lowest BCUT2D eigenvalue weighted by atomic mass is 10.3. The zero-order valence-corrected chi connectivity index (χ0v) is 13.4. The van der Waals surface area contributed by atoms with Crippen molar-refractivity contribution in [1.82, 2.24) is 0 Å². The minimum atomic E-state index is -4.68. The molecule has 0 aliphatic heterocycles. The Labute approximate surface area is 129 Å². The molecule has 0 radical (unpaired) electrons. The van der Waals surface area contributed by atoms with Gasteiger partial charge in [0.15, 0.2) is 9.84 Å². The molecule has 0 aliphatic rings. The molecule has 0 atom stereocenters. The lowest BCUT2D eigenvalue weighted by Crippen LogP contribution is -2.18. The Morgan fingerprint density at radius 2 is 1.91 bits per heavy atom. The molecule has 0 saturated heterocycles. The van der Waals surface area contributed by atoms with Crippen LogP contribution in [-0.4, -0.2) is 46.8 Å². The number of rotatable bonds is 9. The SMILES string of the molecule is NCCCNc1ccc(N)cc1S(=O)(=O)CCOS(=O)(=O)O. The molecule has 0 aromatic heterocycles. The number of anilines is 2. The van der Waals surface area contributed by atoms with Crippen molar-refractivity contribution in [2.75, 3.05) is 36.5 Å². The van der Waals surface area contributed by atoms with Gasteiger partial charge in [-0.1, -0.05) is 0 Å². The Hall–Kier alpha value is -1.40. The molecular formula is C11H19N3O6S2. The standard InChI is InChI=1S/C11H19N3O6S2/c12-4-1-5-14-10-3-2-9(13)8-11(10)21(15,16)7-6-20-22(17,18)19/h2-3,8,14H,1,4-7,12-13H2,(H,17,18,19). The van der Waals surface area contributed by atoms with Gasteiger partial charge in [0.05, 0.1) is 22.9 Å². The topological polar surface area (TPSA) is 162 Å². The van der Waals surface area contributed by atoms with Gasteiger partial charge >= 0.3 is 10.4 Å². The third-order valence-electron chi connectivity index (χ3n) is 2.62. The lowest BCUT2D eigenvalue weighted by Gasteiger charge is -2.13. The number of hydrogen-bond donors (Lipinski definition) is 4. The van der Waals surface area contributed by atoms with Crippen LogP contribution in [0.15, 0.2) is 23.1 Å². The van der Waals surface area contributed by atoms with Crippen molar-refractivity contribution in [2.24, 2.45) is 5.73 Å². The predicted molar refractivity (Wildman–Crippen MR) is 82.6 cm³/mol. The van der Waals surface area contributed by atoms with Crippen LogP contribution in [0.2, 0.25) is 0 Å². The van der Waals surface area contributed by atoms with Crippen LogP contribution < -0.4 is 16.8 Å². The molecule has 0 saturated carbocycles. The maximum absolute atomic E-state index is 12.2. The summed E-state index contributed by atoms with van der Waals surface area (Å²) in [6, 6.07) is 4.33. The third kappa shape index (κ3) is 6.15. The highest BCUT2D eigenvalue weighted by atomic mass is 32.3. The normalized spacial score (nSPS) is 12.3. The van der Waals surface area contributed by atoms with Gasteiger partial charge in [-0.3, -0.25) is 4.55 Å². The van der Waals surface area contributed by atoms with Crippen molar-refractivity contribution in [3.05, 3.63) is 18.2 Å². The lowest BCUT2D eigenvalue weighted by molar-refractivity contribution is 0.284. The van der Waals surface area contributed by atoms with Crippen molar-refractivity contribution in [3.63, 3.8) is 0 Å². The molecular weight excluding hydrogens is 334 g/mol. The maximum Gasteiger partial charge on any atom is 0.397 e. The maximum atomic E-state index is 12.2. The number of hydrogen-bond acceptors (Lipinski definition) is 8. The molecule has 126 valence electrons. The summed E-state index contributed by atoms with van der Waals surface area (Å²) < 4.78 is 57.9. The monoisotopic (exact) mass is 353 g/mol.